The summed E-state index contributed by atoms with van der Waals surface area (Å²) in [5.74, 6) is -7.63. The number of methoxy groups -OCH3 is 1. The molecule has 8 N–H and O–H groups in total. The molecule has 85 heavy (non-hydrogen) atoms. The Kier molecular flexibility index (Phi) is 19.8. The number of nitrogens with one attached hydrogen (secondary N) is 5. The number of aliphatic hydroxyl groups excluding tert-OH is 1. The van der Waals surface area contributed by atoms with Crippen LogP contribution in [-0.2, 0) is 35.3 Å². The van der Waals surface area contributed by atoms with E-state index in [2.05, 4.69) is 31.6 Å². The van der Waals surface area contributed by atoms with Crippen LogP contribution in [0.25, 0.3) is 43.4 Å². The van der Waals surface area contributed by atoms with E-state index in [1.807, 2.05) is 13.8 Å². The Balaban J connectivity index is 1.10. The lowest BCUT2D eigenvalue weighted by molar-refractivity contribution is -0.148. The number of fused-ring (bicyclic) bond motifs is 14. The quantitative estimate of drug-likeness (QED) is 0.0480. The zero-order valence-corrected chi connectivity index (χ0v) is 50.8. The van der Waals surface area contributed by atoms with E-state index >= 15 is 0 Å². The molecule has 5 amide bonds. The van der Waals surface area contributed by atoms with Gasteiger partial charge in [-0.05, 0) is 37.0 Å². The predicted molar refractivity (Wildman–Crippen MR) is 320 cm³/mol. The molecule has 0 saturated carbocycles. The average Bonchev–Trinajstić information content (AvgIpc) is 3.50. The SMILES string of the molecule is CNC(=O)C[C@@H]1NC(=O)c2csc(n2)-c2ccc(-c3nc(NC(=O)CC[C@H](CC(=O)O)C(=O)O)cs3)nc2-c2csc(n2)-c2csc(n2)[C@H]([C@@H](O)c2ccccc2)NC(=O)CNC(=O)c2nc(sc2COC)C(C(C)C)CC(=O)c2nc1sc2C. The van der Waals surface area contributed by atoms with E-state index in [9.17, 15) is 48.6 Å². The van der Waals surface area contributed by atoms with Crippen molar-refractivity contribution >= 4 is 121 Å². The van der Waals surface area contributed by atoms with Gasteiger partial charge in [-0.25, -0.2) is 34.9 Å². The van der Waals surface area contributed by atoms with Crippen molar-refractivity contribution in [1.82, 2.24) is 56.2 Å². The Hall–Kier alpha value is -7.97. The van der Waals surface area contributed by atoms with Gasteiger partial charge in [-0.15, -0.1) is 68.0 Å². The third-order valence-electron chi connectivity index (χ3n) is 13.4. The van der Waals surface area contributed by atoms with E-state index in [1.165, 1.54) is 48.2 Å². The Bertz CT molecular complexity index is 3810. The van der Waals surface area contributed by atoms with E-state index in [0.29, 0.717) is 73.7 Å². The van der Waals surface area contributed by atoms with E-state index in [0.717, 1.165) is 34.0 Å². The largest absolute Gasteiger partial charge is 0.481 e. The van der Waals surface area contributed by atoms with Crippen LogP contribution in [0.2, 0.25) is 0 Å². The summed E-state index contributed by atoms with van der Waals surface area (Å²) in [6, 6.07) is 10.0. The molecule has 8 heterocycles. The van der Waals surface area contributed by atoms with Gasteiger partial charge in [-0.3, -0.25) is 38.4 Å². The van der Waals surface area contributed by atoms with Gasteiger partial charge in [0.05, 0.1) is 53.5 Å². The lowest BCUT2D eigenvalue weighted by atomic mass is 9.90. The molecule has 8 aromatic rings. The van der Waals surface area contributed by atoms with Crippen molar-refractivity contribution in [2.75, 3.05) is 26.0 Å². The Morgan fingerprint density at radius 3 is 2.16 bits per heavy atom. The first-order valence-electron chi connectivity index (χ1n) is 26.2. The number of hydrogen-bond donors (Lipinski definition) is 8. The van der Waals surface area contributed by atoms with Crippen LogP contribution >= 0.6 is 68.0 Å². The maximum atomic E-state index is 14.3. The van der Waals surface area contributed by atoms with E-state index in [4.69, 9.17) is 39.7 Å². The molecule has 7 aromatic heterocycles. The zero-order valence-electron chi connectivity index (χ0n) is 45.9. The van der Waals surface area contributed by atoms with Crippen LogP contribution < -0.4 is 26.6 Å². The third-order valence-corrected chi connectivity index (χ3v) is 19.1. The number of amides is 5. The normalized spacial score (nSPS) is 16.6. The van der Waals surface area contributed by atoms with Crippen molar-refractivity contribution in [3.63, 3.8) is 0 Å². The summed E-state index contributed by atoms with van der Waals surface area (Å²) in [7, 11) is 2.94. The fourth-order valence-corrected chi connectivity index (χ4v) is 14.5. The van der Waals surface area contributed by atoms with Gasteiger partial charge in [0.1, 0.15) is 77.2 Å². The van der Waals surface area contributed by atoms with Gasteiger partial charge in [0.2, 0.25) is 17.7 Å². The summed E-state index contributed by atoms with van der Waals surface area (Å²) < 4.78 is 5.46. The number of hydrogen-bond acceptors (Lipinski definition) is 23. The van der Waals surface area contributed by atoms with Crippen molar-refractivity contribution in [1.29, 1.82) is 0 Å². The number of carboxylic acids is 2. The molecule has 0 saturated heterocycles. The molecule has 0 aliphatic carbocycles. The Morgan fingerprint density at radius 2 is 1.44 bits per heavy atom. The van der Waals surface area contributed by atoms with Crippen LogP contribution in [0.15, 0.2) is 64.0 Å². The second-order valence-electron chi connectivity index (χ2n) is 19.7. The number of anilines is 1. The standard InChI is InChI=1S/C55H54N12O12S6/c1-24(2)29-16-35(68)42-25(3)84-53(66-42)31(17-39(70)56-4)59-47(75)33-21-80-49(61-33)28-12-13-30(51-64-37(23-83-51)63-38(69)14-11-27(55(77)78)15-41(72)73)58-43(28)32-20-81-52(60-32)34-22-82-54(62-34)45(46(74)26-9-7-6-8-10-26)65-40(71)18-57-48(76)44-36(19-79-5)85-50(29)67-44/h6-10,12-13,20-24,27,29,31,45-46,74H,11,14-19H2,1-5H3,(H,56,70)(H,57,76)(H,59,75)(H,63,69)(H,65,71)(H,72,73)(H,77,78)/t27-,29?,31+,45+,46+/m1/s1. The van der Waals surface area contributed by atoms with E-state index in [1.54, 1.807) is 70.9 Å². The summed E-state index contributed by atoms with van der Waals surface area (Å²) >= 11 is 7.06. The number of aryl methyl sites for hydroxylation is 1. The highest BCUT2D eigenvalue weighted by atomic mass is 32.1. The van der Waals surface area contributed by atoms with Crippen LogP contribution in [0.5, 0.6) is 0 Å². The number of ketones is 1. The molecule has 24 nitrogen and oxygen atoms in total. The van der Waals surface area contributed by atoms with Crippen molar-refractivity contribution in [3.8, 4) is 43.4 Å². The average molecular weight is 1270 g/mol. The molecule has 1 aromatic carbocycles. The topological polar surface area (TPSA) is 357 Å². The van der Waals surface area contributed by atoms with Crippen molar-refractivity contribution in [2.45, 2.75) is 83.6 Å². The highest BCUT2D eigenvalue weighted by Gasteiger charge is 2.33. The number of rotatable bonds is 15. The van der Waals surface area contributed by atoms with Gasteiger partial charge in [0.25, 0.3) is 11.8 Å². The molecule has 0 radical (unpaired) electrons. The first-order valence-corrected chi connectivity index (χ1v) is 31.3. The highest BCUT2D eigenvalue weighted by Crippen LogP contribution is 2.41. The molecule has 9 rings (SSSR count). The number of carboxylic acid groups (broad SMARTS) is 2. The molecule has 5 atom stereocenters. The van der Waals surface area contributed by atoms with Gasteiger partial charge in [0, 0.05) is 64.9 Å². The van der Waals surface area contributed by atoms with Gasteiger partial charge >= 0.3 is 11.9 Å². The van der Waals surface area contributed by atoms with E-state index in [-0.39, 0.29) is 66.9 Å². The van der Waals surface area contributed by atoms with Crippen LogP contribution in [0.4, 0.5) is 5.82 Å². The summed E-state index contributed by atoms with van der Waals surface area (Å²) in [4.78, 5) is 140. The number of ether oxygens (including phenoxy) is 1. The molecular formula is C55H54N12O12S6. The number of carbonyl (C=O) groups excluding carboxylic acids is 6. The molecule has 0 spiro atoms. The third kappa shape index (κ3) is 14.8. The number of Topliss-reactive ketones (excluding diaryl/α,β-unsaturated/α-hetero) is 1. The molecule has 442 valence electrons. The summed E-state index contributed by atoms with van der Waals surface area (Å²) in [5.41, 5.74) is 2.53. The number of nitrogens with zero attached hydrogens (tertiary/aromatic N) is 7. The van der Waals surface area contributed by atoms with Crippen LogP contribution in [0, 0.1) is 18.8 Å². The first-order chi connectivity index (χ1) is 40.8. The number of carbonyl (C=O) groups is 8. The van der Waals surface area contributed by atoms with Gasteiger partial charge in [0.15, 0.2) is 5.78 Å². The number of benzene rings is 1. The minimum atomic E-state index is -1.33. The van der Waals surface area contributed by atoms with Gasteiger partial charge in [-0.1, -0.05) is 44.2 Å². The minimum Gasteiger partial charge on any atom is -0.481 e. The highest BCUT2D eigenvalue weighted by molar-refractivity contribution is 7.15. The maximum Gasteiger partial charge on any atom is 0.307 e. The smallest absolute Gasteiger partial charge is 0.307 e. The number of aliphatic hydroxyl groups is 1. The zero-order chi connectivity index (χ0) is 60.6. The minimum absolute atomic E-state index is 0.000771. The fraction of sp³-hybridized carbons (Fsp3) is 0.327. The second kappa shape index (κ2) is 27.4. The van der Waals surface area contributed by atoms with Gasteiger partial charge in [-0.2, -0.15) is 0 Å². The van der Waals surface area contributed by atoms with Crippen molar-refractivity contribution in [2.24, 2.45) is 11.8 Å². The number of aromatic nitrogens is 7. The van der Waals surface area contributed by atoms with Crippen molar-refractivity contribution < 1.29 is 58.4 Å². The molecule has 0 fully saturated rings. The number of aliphatic carboxylic acids is 2. The molecule has 10 bridgehead atoms. The molecule has 30 heteroatoms. The Labute approximate surface area is 508 Å². The van der Waals surface area contributed by atoms with Crippen LogP contribution in [0.3, 0.4) is 0 Å². The maximum absolute atomic E-state index is 14.3. The fourth-order valence-electron chi connectivity index (χ4n) is 8.93. The first kappa shape index (κ1) is 61.6. The molecule has 1 unspecified atom stereocenters. The van der Waals surface area contributed by atoms with Crippen molar-refractivity contribution in [3.05, 3.63) is 111 Å². The predicted octanol–water partition coefficient (Wildman–Crippen LogP) is 8.09. The van der Waals surface area contributed by atoms with E-state index < -0.39 is 84.5 Å². The summed E-state index contributed by atoms with van der Waals surface area (Å²) in [5, 5.41) is 53.0. The molecule has 1 aliphatic rings. The van der Waals surface area contributed by atoms with Crippen LogP contribution in [-0.4, -0.2) is 118 Å². The molecule has 1 aliphatic heterocycles. The van der Waals surface area contributed by atoms with Gasteiger partial charge < -0.3 is 46.6 Å². The lowest BCUT2D eigenvalue weighted by Gasteiger charge is -2.23. The number of thiazole rings is 6. The second-order valence-corrected chi connectivity index (χ2v) is 25.5. The van der Waals surface area contributed by atoms with Crippen LogP contribution in [0.1, 0.15) is 132 Å². The monoisotopic (exact) mass is 1270 g/mol. The lowest BCUT2D eigenvalue weighted by Crippen LogP contribution is -2.40. The Morgan fingerprint density at radius 1 is 0.729 bits per heavy atom. The number of pyridine rings is 1. The summed E-state index contributed by atoms with van der Waals surface area (Å²) in [6.07, 6.45) is -2.70. The molecular weight excluding hydrogens is 1210 g/mol. The summed E-state index contributed by atoms with van der Waals surface area (Å²) in [6.45, 7) is 5.09.